The van der Waals surface area contributed by atoms with Gasteiger partial charge in [0.15, 0.2) is 16.8 Å². The molecule has 2 aromatic heterocycles. The van der Waals surface area contributed by atoms with Gasteiger partial charge < -0.3 is 4.57 Å². The van der Waals surface area contributed by atoms with Gasteiger partial charge in [0.25, 0.3) is 0 Å². The van der Waals surface area contributed by atoms with Crippen molar-refractivity contribution in [2.24, 2.45) is 5.92 Å². The number of carbonyl (C=O) groups is 1. The fourth-order valence-corrected chi connectivity index (χ4v) is 3.42. The zero-order chi connectivity index (χ0) is 19.2. The molecule has 0 aliphatic heterocycles. The van der Waals surface area contributed by atoms with Crippen molar-refractivity contribution >= 4 is 17.5 Å². The number of aromatic nitrogens is 4. The second kappa shape index (κ2) is 8.60. The molecule has 3 aromatic rings. The summed E-state index contributed by atoms with van der Waals surface area (Å²) in [6.07, 6.45) is 3.48. The minimum absolute atomic E-state index is 0.00786. The Balaban J connectivity index is 1.79. The van der Waals surface area contributed by atoms with Crippen molar-refractivity contribution in [3.63, 3.8) is 0 Å². The number of ketones is 1. The SMILES string of the molecule is CC(C)Cn1c(SCC(=O)c2ccc(C#N)cc2)nnc1-c1cccnc1. The zero-order valence-electron chi connectivity index (χ0n) is 15.2. The van der Waals surface area contributed by atoms with Crippen LogP contribution in [0.5, 0.6) is 0 Å². The van der Waals surface area contributed by atoms with Crippen LogP contribution in [-0.4, -0.2) is 31.3 Å². The number of benzene rings is 1. The Morgan fingerprint density at radius 1 is 1.22 bits per heavy atom. The molecule has 1 aromatic carbocycles. The van der Waals surface area contributed by atoms with Gasteiger partial charge in [-0.3, -0.25) is 9.78 Å². The van der Waals surface area contributed by atoms with E-state index in [0.29, 0.717) is 22.2 Å². The first-order valence-electron chi connectivity index (χ1n) is 8.58. The lowest BCUT2D eigenvalue weighted by molar-refractivity contribution is 0.102. The van der Waals surface area contributed by atoms with Gasteiger partial charge in [-0.2, -0.15) is 5.26 Å². The van der Waals surface area contributed by atoms with Crippen LogP contribution in [-0.2, 0) is 6.54 Å². The highest BCUT2D eigenvalue weighted by Crippen LogP contribution is 2.25. The summed E-state index contributed by atoms with van der Waals surface area (Å²) in [5.74, 6) is 1.41. The summed E-state index contributed by atoms with van der Waals surface area (Å²) in [5, 5.41) is 18.2. The molecule has 0 fully saturated rings. The number of Topliss-reactive ketones (excluding diaryl/α,β-unsaturated/α-hetero) is 1. The number of nitriles is 1. The molecule has 6 nitrogen and oxygen atoms in total. The third kappa shape index (κ3) is 4.60. The average Bonchev–Trinajstić information content (AvgIpc) is 3.08. The van der Waals surface area contributed by atoms with Crippen LogP contribution in [0.25, 0.3) is 11.4 Å². The van der Waals surface area contributed by atoms with Gasteiger partial charge in [0, 0.05) is 30.1 Å². The second-order valence-electron chi connectivity index (χ2n) is 6.45. The van der Waals surface area contributed by atoms with E-state index in [0.717, 1.165) is 17.9 Å². The lowest BCUT2D eigenvalue weighted by Gasteiger charge is -2.12. The van der Waals surface area contributed by atoms with Gasteiger partial charge in [-0.25, -0.2) is 0 Å². The van der Waals surface area contributed by atoms with Crippen LogP contribution >= 0.6 is 11.8 Å². The molecule has 0 bridgehead atoms. The van der Waals surface area contributed by atoms with Crippen LogP contribution in [0.15, 0.2) is 53.9 Å². The van der Waals surface area contributed by atoms with Crippen LogP contribution in [0.2, 0.25) is 0 Å². The molecule has 0 radical (unpaired) electrons. The Labute approximate surface area is 162 Å². The van der Waals surface area contributed by atoms with E-state index in [-0.39, 0.29) is 11.5 Å². The molecule has 0 amide bonds. The van der Waals surface area contributed by atoms with Gasteiger partial charge in [-0.15, -0.1) is 10.2 Å². The monoisotopic (exact) mass is 377 g/mol. The third-order valence-electron chi connectivity index (χ3n) is 3.85. The van der Waals surface area contributed by atoms with Gasteiger partial charge in [0.2, 0.25) is 0 Å². The Morgan fingerprint density at radius 2 is 2.00 bits per heavy atom. The molecule has 7 heteroatoms. The normalized spacial score (nSPS) is 10.7. The van der Waals surface area contributed by atoms with E-state index in [1.807, 2.05) is 16.7 Å². The maximum absolute atomic E-state index is 12.5. The van der Waals surface area contributed by atoms with Gasteiger partial charge in [-0.05, 0) is 30.2 Å². The standard InChI is InChI=1S/C20H19N5OS/c1-14(2)12-25-19(17-4-3-9-22-11-17)23-24-20(25)27-13-18(26)16-7-5-15(10-21)6-8-16/h3-9,11,14H,12-13H2,1-2H3. The lowest BCUT2D eigenvalue weighted by Crippen LogP contribution is -2.09. The molecule has 0 aliphatic carbocycles. The van der Waals surface area contributed by atoms with Crippen molar-refractivity contribution in [1.29, 1.82) is 5.26 Å². The summed E-state index contributed by atoms with van der Waals surface area (Å²) in [7, 11) is 0. The molecular formula is C20H19N5OS. The van der Waals surface area contributed by atoms with Crippen molar-refractivity contribution in [1.82, 2.24) is 19.7 Å². The maximum atomic E-state index is 12.5. The fourth-order valence-electron chi connectivity index (χ4n) is 2.58. The van der Waals surface area contributed by atoms with Crippen LogP contribution in [0.4, 0.5) is 0 Å². The van der Waals surface area contributed by atoms with Crippen LogP contribution in [0.1, 0.15) is 29.8 Å². The Bertz CT molecular complexity index is 958. The minimum Gasteiger partial charge on any atom is -0.302 e. The summed E-state index contributed by atoms with van der Waals surface area (Å²) in [6, 6.07) is 12.5. The summed E-state index contributed by atoms with van der Waals surface area (Å²) in [6.45, 7) is 5.01. The van der Waals surface area contributed by atoms with Crippen molar-refractivity contribution < 1.29 is 4.79 Å². The number of hydrogen-bond acceptors (Lipinski definition) is 6. The summed E-state index contributed by atoms with van der Waals surface area (Å²) in [4.78, 5) is 16.6. The van der Waals surface area contributed by atoms with E-state index < -0.39 is 0 Å². The fraction of sp³-hybridized carbons (Fsp3) is 0.250. The molecule has 0 unspecified atom stereocenters. The summed E-state index contributed by atoms with van der Waals surface area (Å²) >= 11 is 1.37. The molecule has 0 N–H and O–H groups in total. The van der Waals surface area contributed by atoms with E-state index in [4.69, 9.17) is 5.26 Å². The van der Waals surface area contributed by atoms with E-state index in [9.17, 15) is 4.79 Å². The molecule has 0 saturated heterocycles. The molecule has 0 aliphatic rings. The van der Waals surface area contributed by atoms with Crippen molar-refractivity contribution in [3.8, 4) is 17.5 Å². The highest BCUT2D eigenvalue weighted by molar-refractivity contribution is 7.99. The van der Waals surface area contributed by atoms with E-state index >= 15 is 0 Å². The quantitative estimate of drug-likeness (QED) is 0.459. The second-order valence-corrected chi connectivity index (χ2v) is 7.40. The van der Waals surface area contributed by atoms with E-state index in [1.54, 1.807) is 36.7 Å². The molecule has 0 atom stereocenters. The van der Waals surface area contributed by atoms with Gasteiger partial charge >= 0.3 is 0 Å². The summed E-state index contributed by atoms with van der Waals surface area (Å²) < 4.78 is 2.04. The minimum atomic E-state index is -0.00786. The lowest BCUT2D eigenvalue weighted by atomic mass is 10.1. The smallest absolute Gasteiger partial charge is 0.191 e. The van der Waals surface area contributed by atoms with Crippen LogP contribution < -0.4 is 0 Å². The van der Waals surface area contributed by atoms with Crippen LogP contribution in [0, 0.1) is 17.2 Å². The zero-order valence-corrected chi connectivity index (χ0v) is 16.0. The highest BCUT2D eigenvalue weighted by atomic mass is 32.2. The number of nitrogens with zero attached hydrogens (tertiary/aromatic N) is 5. The molecule has 27 heavy (non-hydrogen) atoms. The molecule has 2 heterocycles. The predicted octanol–water partition coefficient (Wildman–Crippen LogP) is 3.84. The maximum Gasteiger partial charge on any atom is 0.191 e. The van der Waals surface area contributed by atoms with Crippen molar-refractivity contribution in [2.75, 3.05) is 5.75 Å². The Kier molecular flexibility index (Phi) is 5.99. The molecule has 0 spiro atoms. The molecule has 0 saturated carbocycles. The molecule has 136 valence electrons. The van der Waals surface area contributed by atoms with Crippen molar-refractivity contribution in [2.45, 2.75) is 25.5 Å². The van der Waals surface area contributed by atoms with E-state index in [2.05, 4.69) is 35.1 Å². The third-order valence-corrected chi connectivity index (χ3v) is 4.82. The van der Waals surface area contributed by atoms with Gasteiger partial charge in [0.1, 0.15) is 0 Å². The first kappa shape index (κ1) is 18.8. The van der Waals surface area contributed by atoms with E-state index in [1.165, 1.54) is 11.8 Å². The Hall–Kier alpha value is -2.98. The largest absolute Gasteiger partial charge is 0.302 e. The number of carbonyl (C=O) groups excluding carboxylic acids is 1. The number of hydrogen-bond donors (Lipinski definition) is 0. The highest BCUT2D eigenvalue weighted by Gasteiger charge is 2.17. The number of pyridine rings is 1. The van der Waals surface area contributed by atoms with Gasteiger partial charge in [0.05, 0.1) is 17.4 Å². The first-order chi connectivity index (χ1) is 13.1. The molecular weight excluding hydrogens is 358 g/mol. The first-order valence-corrected chi connectivity index (χ1v) is 9.57. The molecule has 3 rings (SSSR count). The Morgan fingerprint density at radius 3 is 2.63 bits per heavy atom. The number of rotatable bonds is 7. The average molecular weight is 377 g/mol. The summed E-state index contributed by atoms with van der Waals surface area (Å²) in [5.41, 5.74) is 2.02. The van der Waals surface area contributed by atoms with Gasteiger partial charge in [-0.1, -0.05) is 37.7 Å². The topological polar surface area (TPSA) is 84.5 Å². The number of thioether (sulfide) groups is 1. The van der Waals surface area contributed by atoms with Crippen molar-refractivity contribution in [3.05, 3.63) is 59.9 Å². The predicted molar refractivity (Wildman–Crippen MR) is 104 cm³/mol. The van der Waals surface area contributed by atoms with Crippen LogP contribution in [0.3, 0.4) is 0 Å².